The summed E-state index contributed by atoms with van der Waals surface area (Å²) < 4.78 is 0. The Kier molecular flexibility index (Phi) is 3.16. The Morgan fingerprint density at radius 3 is 2.89 bits per heavy atom. The van der Waals surface area contributed by atoms with E-state index in [0.29, 0.717) is 12.1 Å². The second-order valence-corrected chi connectivity index (χ2v) is 5.72. The highest BCUT2D eigenvalue weighted by Gasteiger charge is 2.35. The molecule has 2 aliphatic heterocycles. The van der Waals surface area contributed by atoms with Crippen molar-refractivity contribution in [2.75, 3.05) is 25.0 Å². The Bertz CT molecular complexity index is 519. The van der Waals surface area contributed by atoms with Crippen LogP contribution >= 0.6 is 0 Å². The van der Waals surface area contributed by atoms with Crippen molar-refractivity contribution in [1.82, 2.24) is 9.88 Å². The van der Waals surface area contributed by atoms with Crippen molar-refractivity contribution in [3.8, 4) is 6.07 Å². The van der Waals surface area contributed by atoms with Crippen LogP contribution in [0, 0.1) is 18.3 Å². The molecule has 1 aromatic rings. The molecule has 0 aromatic carbocycles. The second-order valence-electron chi connectivity index (χ2n) is 5.72. The fraction of sp³-hybridized carbons (Fsp3) is 0.600. The highest BCUT2D eigenvalue weighted by Crippen LogP contribution is 2.31. The van der Waals surface area contributed by atoms with E-state index in [1.165, 1.54) is 19.3 Å². The number of hydrogen-bond acceptors (Lipinski definition) is 4. The van der Waals surface area contributed by atoms with E-state index in [1.807, 2.05) is 19.2 Å². The lowest BCUT2D eigenvalue weighted by molar-refractivity contribution is 0.254. The third-order valence-corrected chi connectivity index (χ3v) is 4.70. The Morgan fingerprint density at radius 2 is 2.11 bits per heavy atom. The first-order valence-electron chi connectivity index (χ1n) is 7.03. The number of pyridine rings is 1. The molecule has 1 aromatic heterocycles. The zero-order valence-corrected chi connectivity index (χ0v) is 11.6. The number of hydrogen-bond donors (Lipinski definition) is 0. The average molecular weight is 256 g/mol. The zero-order valence-electron chi connectivity index (χ0n) is 11.6. The van der Waals surface area contributed by atoms with E-state index >= 15 is 0 Å². The van der Waals surface area contributed by atoms with E-state index in [1.54, 1.807) is 0 Å². The first-order chi connectivity index (χ1) is 9.20. The van der Waals surface area contributed by atoms with Gasteiger partial charge in [0.25, 0.3) is 0 Å². The molecule has 3 rings (SSSR count). The number of likely N-dealkylation sites (N-methyl/N-ethyl adjacent to an activating group) is 1. The van der Waals surface area contributed by atoms with Crippen LogP contribution in [0.2, 0.25) is 0 Å². The topological polar surface area (TPSA) is 43.2 Å². The summed E-state index contributed by atoms with van der Waals surface area (Å²) in [5.74, 6) is 0.878. The molecule has 0 N–H and O–H groups in total. The first-order valence-corrected chi connectivity index (χ1v) is 7.03. The standard InChI is InChI=1S/C15H20N4/c1-11-5-7-17-15(14(11)9-16)19-8-6-12-3-4-13(10-19)18(12)2/h5,7,12-13H,3-4,6,8,10H2,1-2H3. The monoisotopic (exact) mass is 256 g/mol. The van der Waals surface area contributed by atoms with Crippen molar-refractivity contribution >= 4 is 5.82 Å². The Labute approximate surface area is 114 Å². The van der Waals surface area contributed by atoms with Crippen LogP contribution in [-0.4, -0.2) is 42.1 Å². The van der Waals surface area contributed by atoms with Crippen LogP contribution in [0.1, 0.15) is 30.4 Å². The van der Waals surface area contributed by atoms with Crippen LogP contribution in [0.5, 0.6) is 0 Å². The maximum absolute atomic E-state index is 9.36. The molecule has 0 saturated carbocycles. The third kappa shape index (κ3) is 2.08. The number of fused-ring (bicyclic) bond motifs is 2. The Balaban J connectivity index is 1.91. The van der Waals surface area contributed by atoms with E-state index in [2.05, 4.69) is 27.9 Å². The molecule has 2 saturated heterocycles. The van der Waals surface area contributed by atoms with Crippen molar-refractivity contribution < 1.29 is 0 Å². The summed E-state index contributed by atoms with van der Waals surface area (Å²) in [7, 11) is 2.24. The van der Waals surface area contributed by atoms with Crippen LogP contribution in [0.15, 0.2) is 12.3 Å². The number of aryl methyl sites for hydroxylation is 1. The summed E-state index contributed by atoms with van der Waals surface area (Å²) in [6, 6.07) is 5.56. The van der Waals surface area contributed by atoms with Gasteiger partial charge in [-0.25, -0.2) is 4.98 Å². The van der Waals surface area contributed by atoms with Crippen LogP contribution in [0.4, 0.5) is 5.82 Å². The van der Waals surface area contributed by atoms with Gasteiger partial charge in [-0.2, -0.15) is 5.26 Å². The summed E-state index contributed by atoms with van der Waals surface area (Å²) in [4.78, 5) is 9.30. The van der Waals surface area contributed by atoms with Gasteiger partial charge in [-0.1, -0.05) is 0 Å². The predicted molar refractivity (Wildman–Crippen MR) is 75.1 cm³/mol. The quantitative estimate of drug-likeness (QED) is 0.770. The number of nitrogens with zero attached hydrogens (tertiary/aromatic N) is 4. The van der Waals surface area contributed by atoms with Crippen LogP contribution < -0.4 is 4.90 Å². The molecule has 2 unspecified atom stereocenters. The SMILES string of the molecule is Cc1ccnc(N2CCC3CCC(C2)N3C)c1C#N. The third-order valence-electron chi connectivity index (χ3n) is 4.70. The molecular formula is C15H20N4. The summed E-state index contributed by atoms with van der Waals surface area (Å²) in [6.07, 6.45) is 5.58. The number of anilines is 1. The van der Waals surface area contributed by atoms with Gasteiger partial charge in [0.05, 0.1) is 5.56 Å². The maximum Gasteiger partial charge on any atom is 0.146 e. The molecule has 3 heterocycles. The fourth-order valence-electron chi connectivity index (χ4n) is 3.42. The molecule has 2 fully saturated rings. The Morgan fingerprint density at radius 1 is 1.32 bits per heavy atom. The van der Waals surface area contributed by atoms with Crippen molar-refractivity contribution in [2.24, 2.45) is 0 Å². The highest BCUT2D eigenvalue weighted by atomic mass is 15.3. The Hall–Kier alpha value is -1.60. The molecule has 4 heteroatoms. The van der Waals surface area contributed by atoms with Gasteiger partial charge < -0.3 is 4.90 Å². The van der Waals surface area contributed by atoms with Gasteiger partial charge >= 0.3 is 0 Å². The minimum atomic E-state index is 0.612. The first kappa shape index (κ1) is 12.4. The van der Waals surface area contributed by atoms with E-state index in [-0.39, 0.29) is 0 Å². The molecule has 2 aliphatic rings. The van der Waals surface area contributed by atoms with Crippen LogP contribution in [-0.2, 0) is 0 Å². The number of nitriles is 1. The summed E-state index contributed by atoms with van der Waals surface area (Å²) in [5, 5.41) is 9.36. The molecule has 2 bridgehead atoms. The normalized spacial score (nSPS) is 27.1. The van der Waals surface area contributed by atoms with Crippen molar-refractivity contribution in [1.29, 1.82) is 5.26 Å². The van der Waals surface area contributed by atoms with E-state index in [9.17, 15) is 5.26 Å². The molecule has 0 aliphatic carbocycles. The summed E-state index contributed by atoms with van der Waals surface area (Å²) in [6.45, 7) is 3.99. The molecule has 0 spiro atoms. The van der Waals surface area contributed by atoms with Gasteiger partial charge in [0.2, 0.25) is 0 Å². The zero-order chi connectivity index (χ0) is 13.4. The largest absolute Gasteiger partial charge is 0.354 e. The van der Waals surface area contributed by atoms with Gasteiger partial charge in [-0.05, 0) is 44.9 Å². The lowest BCUT2D eigenvalue weighted by atomic mass is 10.1. The second kappa shape index (κ2) is 4.82. The average Bonchev–Trinajstić information content (AvgIpc) is 2.63. The smallest absolute Gasteiger partial charge is 0.146 e. The fourth-order valence-corrected chi connectivity index (χ4v) is 3.42. The maximum atomic E-state index is 9.36. The number of rotatable bonds is 1. The van der Waals surface area contributed by atoms with Gasteiger partial charge in [0, 0.05) is 31.4 Å². The van der Waals surface area contributed by atoms with Gasteiger partial charge in [-0.15, -0.1) is 0 Å². The molecule has 0 radical (unpaired) electrons. The van der Waals surface area contributed by atoms with Crippen molar-refractivity contribution in [3.63, 3.8) is 0 Å². The molecule has 19 heavy (non-hydrogen) atoms. The lowest BCUT2D eigenvalue weighted by Gasteiger charge is -2.27. The van der Waals surface area contributed by atoms with Gasteiger partial charge in [0.1, 0.15) is 11.9 Å². The summed E-state index contributed by atoms with van der Waals surface area (Å²) in [5.41, 5.74) is 1.76. The van der Waals surface area contributed by atoms with Gasteiger partial charge in [-0.3, -0.25) is 4.90 Å². The minimum Gasteiger partial charge on any atom is -0.354 e. The van der Waals surface area contributed by atoms with E-state index in [0.717, 1.165) is 30.0 Å². The van der Waals surface area contributed by atoms with Crippen LogP contribution in [0.3, 0.4) is 0 Å². The molecular weight excluding hydrogens is 236 g/mol. The predicted octanol–water partition coefficient (Wildman–Crippen LogP) is 1.93. The molecule has 2 atom stereocenters. The molecule has 0 amide bonds. The minimum absolute atomic E-state index is 0.612. The van der Waals surface area contributed by atoms with Crippen molar-refractivity contribution in [2.45, 2.75) is 38.3 Å². The summed E-state index contributed by atoms with van der Waals surface area (Å²) >= 11 is 0. The molecule has 100 valence electrons. The van der Waals surface area contributed by atoms with E-state index in [4.69, 9.17) is 0 Å². The highest BCUT2D eigenvalue weighted by molar-refractivity contribution is 5.57. The van der Waals surface area contributed by atoms with Gasteiger partial charge in [0.15, 0.2) is 0 Å². The van der Waals surface area contributed by atoms with E-state index < -0.39 is 0 Å². The van der Waals surface area contributed by atoms with Crippen molar-refractivity contribution in [3.05, 3.63) is 23.4 Å². The van der Waals surface area contributed by atoms with Crippen LogP contribution in [0.25, 0.3) is 0 Å². The lowest BCUT2D eigenvalue weighted by Crippen LogP contribution is -2.37. The molecule has 4 nitrogen and oxygen atoms in total. The number of aromatic nitrogens is 1.